The van der Waals surface area contributed by atoms with Gasteiger partial charge in [0.15, 0.2) is 0 Å². The summed E-state index contributed by atoms with van der Waals surface area (Å²) >= 11 is 0. The van der Waals surface area contributed by atoms with Crippen LogP contribution in [0.5, 0.6) is 0 Å². The number of carbonyl (C=O) groups excluding carboxylic acids is 1. The first kappa shape index (κ1) is 19.6. The standard InChI is InChI=1S/C22H32N4O/c1-17(2)15-25-10-7-11-26-21(16-25)13-20(24-26)14-23-22(27)12-18(3)19-8-5-4-6-9-19/h4-6,8-9,13,17-18H,7,10-12,14-16H2,1-3H3,(H,23,27)/t18-/m1/s1. The zero-order valence-electron chi connectivity index (χ0n) is 16.8. The lowest BCUT2D eigenvalue weighted by Gasteiger charge is -2.21. The monoisotopic (exact) mass is 368 g/mol. The van der Waals surface area contributed by atoms with Crippen LogP contribution in [0.2, 0.25) is 0 Å². The number of hydrogen-bond acceptors (Lipinski definition) is 3. The Morgan fingerprint density at radius 2 is 1.96 bits per heavy atom. The van der Waals surface area contributed by atoms with E-state index >= 15 is 0 Å². The number of hydrogen-bond donors (Lipinski definition) is 1. The molecular weight excluding hydrogens is 336 g/mol. The Morgan fingerprint density at radius 1 is 1.19 bits per heavy atom. The number of aryl methyl sites for hydroxylation is 1. The summed E-state index contributed by atoms with van der Waals surface area (Å²) in [5.41, 5.74) is 3.42. The van der Waals surface area contributed by atoms with Gasteiger partial charge in [0.2, 0.25) is 5.91 Å². The normalized spacial score (nSPS) is 16.0. The second-order valence-corrected chi connectivity index (χ2v) is 8.13. The topological polar surface area (TPSA) is 50.2 Å². The van der Waals surface area contributed by atoms with Crippen molar-refractivity contribution in [2.45, 2.75) is 59.2 Å². The van der Waals surface area contributed by atoms with Gasteiger partial charge < -0.3 is 5.32 Å². The van der Waals surface area contributed by atoms with Gasteiger partial charge in [0.05, 0.1) is 17.9 Å². The third-order valence-electron chi connectivity index (χ3n) is 5.09. The molecule has 1 N–H and O–H groups in total. The van der Waals surface area contributed by atoms with Crippen molar-refractivity contribution in [3.63, 3.8) is 0 Å². The van der Waals surface area contributed by atoms with E-state index in [0.717, 1.165) is 38.3 Å². The molecule has 0 bridgehead atoms. The van der Waals surface area contributed by atoms with Gasteiger partial charge in [-0.05, 0) is 29.9 Å². The summed E-state index contributed by atoms with van der Waals surface area (Å²) in [7, 11) is 0. The molecule has 1 atom stereocenters. The minimum Gasteiger partial charge on any atom is -0.350 e. The SMILES string of the molecule is CC(C)CN1CCCn2nc(CNC(=O)C[C@@H](C)c3ccccc3)cc2C1. The van der Waals surface area contributed by atoms with Gasteiger partial charge >= 0.3 is 0 Å². The number of aromatic nitrogens is 2. The van der Waals surface area contributed by atoms with Crippen LogP contribution in [-0.4, -0.2) is 33.7 Å². The van der Waals surface area contributed by atoms with Gasteiger partial charge in [-0.25, -0.2) is 0 Å². The highest BCUT2D eigenvalue weighted by Crippen LogP contribution is 2.18. The molecule has 3 rings (SSSR count). The van der Waals surface area contributed by atoms with Crippen LogP contribution in [0.3, 0.4) is 0 Å². The molecule has 0 radical (unpaired) electrons. The summed E-state index contributed by atoms with van der Waals surface area (Å²) in [5, 5.41) is 7.75. The molecular formula is C22H32N4O. The fraction of sp³-hybridized carbons (Fsp3) is 0.545. The first-order valence-electron chi connectivity index (χ1n) is 10.1. The molecule has 2 aromatic rings. The zero-order chi connectivity index (χ0) is 19.2. The Bertz CT molecular complexity index is 738. The highest BCUT2D eigenvalue weighted by molar-refractivity contribution is 5.76. The quantitative estimate of drug-likeness (QED) is 0.813. The molecule has 0 saturated carbocycles. The number of benzene rings is 1. The smallest absolute Gasteiger partial charge is 0.220 e. The Hall–Kier alpha value is -2.14. The van der Waals surface area contributed by atoms with Crippen LogP contribution < -0.4 is 5.32 Å². The van der Waals surface area contributed by atoms with Crippen molar-refractivity contribution < 1.29 is 4.79 Å². The maximum Gasteiger partial charge on any atom is 0.220 e. The molecule has 1 amide bonds. The van der Waals surface area contributed by atoms with E-state index in [2.05, 4.69) is 53.9 Å². The summed E-state index contributed by atoms with van der Waals surface area (Å²) in [4.78, 5) is 14.8. The molecule has 0 saturated heterocycles. The molecule has 27 heavy (non-hydrogen) atoms. The van der Waals surface area contributed by atoms with Gasteiger partial charge in [0, 0.05) is 32.6 Å². The minimum atomic E-state index is 0.0796. The third-order valence-corrected chi connectivity index (χ3v) is 5.09. The molecule has 5 heteroatoms. The largest absolute Gasteiger partial charge is 0.350 e. The van der Waals surface area contributed by atoms with E-state index in [0.29, 0.717) is 18.9 Å². The first-order valence-corrected chi connectivity index (χ1v) is 10.1. The Labute approximate surface area is 162 Å². The van der Waals surface area contributed by atoms with Gasteiger partial charge in [-0.3, -0.25) is 14.4 Å². The Kier molecular flexibility index (Phi) is 6.67. The number of rotatable bonds is 7. The molecule has 1 aromatic heterocycles. The predicted molar refractivity (Wildman–Crippen MR) is 108 cm³/mol. The molecule has 1 aliphatic heterocycles. The summed E-state index contributed by atoms with van der Waals surface area (Å²) < 4.78 is 2.12. The van der Waals surface area contributed by atoms with Gasteiger partial charge in [0.25, 0.3) is 0 Å². The third kappa shape index (κ3) is 5.67. The zero-order valence-corrected chi connectivity index (χ0v) is 16.8. The van der Waals surface area contributed by atoms with E-state index in [4.69, 9.17) is 5.10 Å². The van der Waals surface area contributed by atoms with Gasteiger partial charge in [0.1, 0.15) is 0 Å². The lowest BCUT2D eigenvalue weighted by atomic mass is 9.97. The lowest BCUT2D eigenvalue weighted by Crippen LogP contribution is -2.27. The van der Waals surface area contributed by atoms with Crippen LogP contribution in [0.15, 0.2) is 36.4 Å². The molecule has 1 aliphatic rings. The number of carbonyl (C=O) groups is 1. The van der Waals surface area contributed by atoms with Crippen LogP contribution in [-0.2, 0) is 24.4 Å². The summed E-state index contributed by atoms with van der Waals surface area (Å²) in [5.74, 6) is 0.968. The molecule has 0 unspecified atom stereocenters. The lowest BCUT2D eigenvalue weighted by molar-refractivity contribution is -0.121. The van der Waals surface area contributed by atoms with E-state index in [1.807, 2.05) is 18.2 Å². The van der Waals surface area contributed by atoms with E-state index in [-0.39, 0.29) is 11.8 Å². The number of fused-ring (bicyclic) bond motifs is 1. The maximum absolute atomic E-state index is 12.3. The van der Waals surface area contributed by atoms with Crippen LogP contribution in [0.4, 0.5) is 0 Å². The highest BCUT2D eigenvalue weighted by Gasteiger charge is 2.18. The van der Waals surface area contributed by atoms with E-state index in [9.17, 15) is 4.79 Å². The molecule has 0 fully saturated rings. The fourth-order valence-corrected chi connectivity index (χ4v) is 3.79. The second kappa shape index (κ2) is 9.18. The number of amides is 1. The molecule has 1 aromatic carbocycles. The van der Waals surface area contributed by atoms with Crippen molar-refractivity contribution in [2.75, 3.05) is 13.1 Å². The van der Waals surface area contributed by atoms with Gasteiger partial charge in [-0.1, -0.05) is 51.1 Å². The minimum absolute atomic E-state index is 0.0796. The first-order chi connectivity index (χ1) is 13.0. The van der Waals surface area contributed by atoms with Gasteiger partial charge in [-0.15, -0.1) is 0 Å². The average Bonchev–Trinajstić information content (AvgIpc) is 2.92. The maximum atomic E-state index is 12.3. The Morgan fingerprint density at radius 3 is 2.70 bits per heavy atom. The molecule has 0 spiro atoms. The van der Waals surface area contributed by atoms with Crippen molar-refractivity contribution in [1.29, 1.82) is 0 Å². The van der Waals surface area contributed by atoms with Crippen molar-refractivity contribution in [1.82, 2.24) is 20.0 Å². The number of nitrogens with zero attached hydrogens (tertiary/aromatic N) is 3. The highest BCUT2D eigenvalue weighted by atomic mass is 16.1. The van der Waals surface area contributed by atoms with Gasteiger partial charge in [-0.2, -0.15) is 5.10 Å². The van der Waals surface area contributed by atoms with Crippen molar-refractivity contribution in [2.24, 2.45) is 5.92 Å². The van der Waals surface area contributed by atoms with Crippen LogP contribution in [0, 0.1) is 5.92 Å². The van der Waals surface area contributed by atoms with Crippen LogP contribution >= 0.6 is 0 Å². The van der Waals surface area contributed by atoms with E-state index in [1.165, 1.54) is 11.3 Å². The fourth-order valence-electron chi connectivity index (χ4n) is 3.79. The predicted octanol–water partition coefficient (Wildman–Crippen LogP) is 3.55. The average molecular weight is 369 g/mol. The summed E-state index contributed by atoms with van der Waals surface area (Å²) in [6.07, 6.45) is 1.63. The van der Waals surface area contributed by atoms with E-state index < -0.39 is 0 Å². The summed E-state index contributed by atoms with van der Waals surface area (Å²) in [6, 6.07) is 12.3. The van der Waals surface area contributed by atoms with Crippen molar-refractivity contribution >= 4 is 5.91 Å². The molecule has 2 heterocycles. The second-order valence-electron chi connectivity index (χ2n) is 8.13. The van der Waals surface area contributed by atoms with Crippen LogP contribution in [0.25, 0.3) is 0 Å². The Balaban J connectivity index is 1.52. The molecule has 0 aliphatic carbocycles. The van der Waals surface area contributed by atoms with E-state index in [1.54, 1.807) is 0 Å². The van der Waals surface area contributed by atoms with Crippen molar-refractivity contribution in [3.8, 4) is 0 Å². The van der Waals surface area contributed by atoms with Crippen LogP contribution in [0.1, 0.15) is 56.5 Å². The summed E-state index contributed by atoms with van der Waals surface area (Å²) in [6.45, 7) is 11.3. The number of nitrogens with one attached hydrogen (secondary N) is 1. The van der Waals surface area contributed by atoms with Crippen molar-refractivity contribution in [3.05, 3.63) is 53.3 Å². The molecule has 5 nitrogen and oxygen atoms in total. The molecule has 146 valence electrons.